The van der Waals surface area contributed by atoms with Gasteiger partial charge in [-0.15, -0.1) is 23.1 Å². The maximum atomic E-state index is 12.5. The van der Waals surface area contributed by atoms with Crippen molar-refractivity contribution in [2.45, 2.75) is 5.37 Å². The molecule has 0 aliphatic carbocycles. The van der Waals surface area contributed by atoms with E-state index in [1.165, 1.54) is 30.2 Å². The normalized spacial score (nSPS) is 16.9. The number of ether oxygens (including phenoxy) is 1. The molecule has 26 heavy (non-hydrogen) atoms. The Labute approximate surface area is 159 Å². The van der Waals surface area contributed by atoms with Crippen LogP contribution in [-0.4, -0.2) is 28.9 Å². The zero-order valence-corrected chi connectivity index (χ0v) is 15.6. The number of thioether (sulfide) groups is 1. The Hall–Kier alpha value is -2.51. The Kier molecular flexibility index (Phi) is 4.57. The van der Waals surface area contributed by atoms with Gasteiger partial charge >= 0.3 is 0 Å². The molecule has 3 aromatic rings. The van der Waals surface area contributed by atoms with Crippen LogP contribution in [0.15, 0.2) is 53.9 Å². The summed E-state index contributed by atoms with van der Waals surface area (Å²) in [7, 11) is 1.51. The number of hydrogen-bond acceptors (Lipinski definition) is 6. The molecule has 0 bridgehead atoms. The molecule has 0 spiro atoms. The van der Waals surface area contributed by atoms with Gasteiger partial charge in [0.1, 0.15) is 5.37 Å². The molecule has 0 radical (unpaired) electrons. The molecule has 1 saturated heterocycles. The number of aromatic nitrogens is 1. The van der Waals surface area contributed by atoms with Crippen molar-refractivity contribution in [2.75, 3.05) is 17.8 Å². The molecule has 1 aromatic heterocycles. The Morgan fingerprint density at radius 2 is 2.04 bits per heavy atom. The van der Waals surface area contributed by atoms with E-state index in [0.717, 1.165) is 16.8 Å². The minimum absolute atomic E-state index is 0.0178. The molecule has 1 amide bonds. The number of phenolic OH excluding ortho intramolecular Hbond substituents is 1. The first-order valence-electron chi connectivity index (χ1n) is 7.99. The molecule has 1 fully saturated rings. The Bertz CT molecular complexity index is 943. The number of carbonyl (C=O) groups is 1. The summed E-state index contributed by atoms with van der Waals surface area (Å²) in [5, 5.41) is 12.5. The first-order chi connectivity index (χ1) is 12.7. The number of phenols is 1. The second kappa shape index (κ2) is 7.01. The number of thiazole rings is 1. The van der Waals surface area contributed by atoms with Crippen molar-refractivity contribution in [1.29, 1.82) is 0 Å². The summed E-state index contributed by atoms with van der Waals surface area (Å²) in [6, 6.07) is 15.1. The van der Waals surface area contributed by atoms with Crippen molar-refractivity contribution in [3.05, 3.63) is 59.5 Å². The zero-order valence-electron chi connectivity index (χ0n) is 14.0. The number of amides is 1. The molecule has 5 nitrogen and oxygen atoms in total. The fourth-order valence-electron chi connectivity index (χ4n) is 2.85. The molecule has 2 aromatic carbocycles. The molecule has 1 aliphatic heterocycles. The van der Waals surface area contributed by atoms with E-state index < -0.39 is 0 Å². The van der Waals surface area contributed by atoms with Crippen LogP contribution in [0.4, 0.5) is 5.13 Å². The first-order valence-corrected chi connectivity index (χ1v) is 9.91. The highest BCUT2D eigenvalue weighted by Crippen LogP contribution is 2.45. The predicted octanol–water partition coefficient (Wildman–Crippen LogP) is 4.30. The molecule has 1 aliphatic rings. The van der Waals surface area contributed by atoms with E-state index >= 15 is 0 Å². The monoisotopic (exact) mass is 384 g/mol. The average Bonchev–Trinajstić information content (AvgIpc) is 3.29. The van der Waals surface area contributed by atoms with Crippen LogP contribution in [0.2, 0.25) is 0 Å². The van der Waals surface area contributed by atoms with Gasteiger partial charge in [0.25, 0.3) is 0 Å². The number of rotatable bonds is 4. The molecule has 4 rings (SSSR count). The number of nitrogens with zero attached hydrogens (tertiary/aromatic N) is 2. The quantitative estimate of drug-likeness (QED) is 0.726. The lowest BCUT2D eigenvalue weighted by Crippen LogP contribution is -2.27. The molecular weight excluding hydrogens is 368 g/mol. The summed E-state index contributed by atoms with van der Waals surface area (Å²) in [5.74, 6) is 0.881. The summed E-state index contributed by atoms with van der Waals surface area (Å²) in [6.07, 6.45) is 0. The van der Waals surface area contributed by atoms with Gasteiger partial charge in [0.2, 0.25) is 5.91 Å². The summed E-state index contributed by atoms with van der Waals surface area (Å²) < 4.78 is 5.10. The number of hydrogen-bond donors (Lipinski definition) is 1. The third-order valence-corrected chi connectivity index (χ3v) is 6.18. The highest BCUT2D eigenvalue weighted by Gasteiger charge is 2.36. The number of carbonyl (C=O) groups excluding carboxylic acids is 1. The highest BCUT2D eigenvalue weighted by atomic mass is 32.2. The van der Waals surface area contributed by atoms with Gasteiger partial charge in [-0.25, -0.2) is 4.98 Å². The van der Waals surface area contributed by atoms with Crippen LogP contribution >= 0.6 is 23.1 Å². The van der Waals surface area contributed by atoms with E-state index in [1.807, 2.05) is 41.8 Å². The standard InChI is InChI=1S/C19H16N2O3S2/c1-24-16-8-7-13(9-15(16)22)18-21(17(23)11-25-18)19-20-14(10-26-19)12-5-3-2-4-6-12/h2-10,18,22H,11H2,1H3. The molecule has 1 unspecified atom stereocenters. The molecule has 1 N–H and O–H groups in total. The summed E-state index contributed by atoms with van der Waals surface area (Å²) in [6.45, 7) is 0. The summed E-state index contributed by atoms with van der Waals surface area (Å²) in [4.78, 5) is 18.9. The third kappa shape index (κ3) is 3.04. The van der Waals surface area contributed by atoms with E-state index in [9.17, 15) is 9.90 Å². The van der Waals surface area contributed by atoms with Crippen LogP contribution in [0.1, 0.15) is 10.9 Å². The van der Waals surface area contributed by atoms with Gasteiger partial charge in [0.05, 0.1) is 18.6 Å². The second-order valence-corrected chi connectivity index (χ2v) is 7.64. The van der Waals surface area contributed by atoms with Crippen molar-refractivity contribution >= 4 is 34.1 Å². The van der Waals surface area contributed by atoms with Crippen molar-refractivity contribution in [3.8, 4) is 22.8 Å². The Balaban J connectivity index is 1.67. The predicted molar refractivity (Wildman–Crippen MR) is 105 cm³/mol. The lowest BCUT2D eigenvalue weighted by atomic mass is 10.2. The van der Waals surface area contributed by atoms with Crippen LogP contribution in [-0.2, 0) is 4.79 Å². The number of aromatic hydroxyl groups is 1. The zero-order chi connectivity index (χ0) is 18.1. The third-order valence-electron chi connectivity index (χ3n) is 4.12. The van der Waals surface area contributed by atoms with Crippen LogP contribution in [0.5, 0.6) is 11.5 Å². The smallest absolute Gasteiger partial charge is 0.240 e. The van der Waals surface area contributed by atoms with E-state index in [-0.39, 0.29) is 17.0 Å². The largest absolute Gasteiger partial charge is 0.504 e. The lowest BCUT2D eigenvalue weighted by molar-refractivity contribution is -0.115. The second-order valence-electron chi connectivity index (χ2n) is 5.74. The molecule has 0 saturated carbocycles. The fourth-order valence-corrected chi connectivity index (χ4v) is 4.94. The molecule has 132 valence electrons. The van der Waals surface area contributed by atoms with Crippen LogP contribution < -0.4 is 9.64 Å². The van der Waals surface area contributed by atoms with Gasteiger partial charge in [0.15, 0.2) is 16.6 Å². The van der Waals surface area contributed by atoms with Crippen molar-refractivity contribution in [2.24, 2.45) is 0 Å². The van der Waals surface area contributed by atoms with Crippen molar-refractivity contribution in [1.82, 2.24) is 4.98 Å². The van der Waals surface area contributed by atoms with Crippen LogP contribution in [0.3, 0.4) is 0 Å². The SMILES string of the molecule is COc1ccc(C2SCC(=O)N2c2nc(-c3ccccc3)cs2)cc1O. The Morgan fingerprint density at radius 1 is 1.23 bits per heavy atom. The van der Waals surface area contributed by atoms with Crippen LogP contribution in [0.25, 0.3) is 11.3 Å². The summed E-state index contributed by atoms with van der Waals surface area (Å²) in [5.41, 5.74) is 2.72. The van der Waals surface area contributed by atoms with E-state index in [4.69, 9.17) is 4.74 Å². The van der Waals surface area contributed by atoms with E-state index in [1.54, 1.807) is 17.0 Å². The lowest BCUT2D eigenvalue weighted by Gasteiger charge is -2.22. The first kappa shape index (κ1) is 16.9. The van der Waals surface area contributed by atoms with Gasteiger partial charge in [-0.05, 0) is 17.7 Å². The number of anilines is 1. The number of methoxy groups -OCH3 is 1. The Morgan fingerprint density at radius 3 is 2.77 bits per heavy atom. The molecule has 2 heterocycles. The topological polar surface area (TPSA) is 62.7 Å². The van der Waals surface area contributed by atoms with Gasteiger partial charge in [0, 0.05) is 10.9 Å². The van der Waals surface area contributed by atoms with Gasteiger partial charge in [-0.1, -0.05) is 36.4 Å². The van der Waals surface area contributed by atoms with E-state index in [2.05, 4.69) is 4.98 Å². The summed E-state index contributed by atoms with van der Waals surface area (Å²) >= 11 is 2.97. The average molecular weight is 384 g/mol. The van der Waals surface area contributed by atoms with E-state index in [0.29, 0.717) is 16.6 Å². The minimum Gasteiger partial charge on any atom is -0.504 e. The van der Waals surface area contributed by atoms with Crippen molar-refractivity contribution in [3.63, 3.8) is 0 Å². The highest BCUT2D eigenvalue weighted by molar-refractivity contribution is 8.00. The number of benzene rings is 2. The molecular formula is C19H16N2O3S2. The maximum Gasteiger partial charge on any atom is 0.240 e. The minimum atomic E-state index is -0.214. The van der Waals surface area contributed by atoms with Gasteiger partial charge in [-0.2, -0.15) is 0 Å². The van der Waals surface area contributed by atoms with Gasteiger partial charge < -0.3 is 9.84 Å². The fraction of sp³-hybridized carbons (Fsp3) is 0.158. The maximum absolute atomic E-state index is 12.5. The molecule has 1 atom stereocenters. The van der Waals surface area contributed by atoms with Crippen molar-refractivity contribution < 1.29 is 14.6 Å². The molecule has 7 heteroatoms. The van der Waals surface area contributed by atoms with Crippen LogP contribution in [0, 0.1) is 0 Å². The van der Waals surface area contributed by atoms with Gasteiger partial charge in [-0.3, -0.25) is 9.69 Å².